The molecule has 0 spiro atoms. The molecule has 0 unspecified atom stereocenters. The smallest absolute Gasteiger partial charge is 0.0886 e. The van der Waals surface area contributed by atoms with Crippen LogP contribution < -0.4 is 5.48 Å². The highest BCUT2D eigenvalue weighted by molar-refractivity contribution is 4.97. The van der Waals surface area contributed by atoms with Gasteiger partial charge >= 0.3 is 0 Å². The van der Waals surface area contributed by atoms with Gasteiger partial charge < -0.3 is 4.74 Å². The summed E-state index contributed by atoms with van der Waals surface area (Å²) in [6.07, 6.45) is 6.62. The summed E-state index contributed by atoms with van der Waals surface area (Å²) in [7, 11) is 0. The maximum atomic E-state index is 8.60. The molecule has 0 rings (SSSR count). The van der Waals surface area contributed by atoms with Crippen LogP contribution in [-0.4, -0.2) is 17.4 Å². The largest absolute Gasteiger partial charge is 0.369 e. The highest BCUT2D eigenvalue weighted by Crippen LogP contribution is 2.20. The van der Waals surface area contributed by atoms with Crippen LogP contribution >= 0.6 is 0 Å². The topological polar surface area (TPSA) is 41.5 Å². The molecule has 0 heterocycles. The van der Waals surface area contributed by atoms with E-state index >= 15 is 0 Å². The standard InChI is InChI=1S/C14H27NO2/c1-6-8-12(2)9-7-10-14(4,5)17-11-13(3)15-16/h8,15-16H,3,6-7,9-11H2,1-2,4-5H3/b12-8+. The van der Waals surface area contributed by atoms with Gasteiger partial charge in [-0.15, -0.1) is 0 Å². The van der Waals surface area contributed by atoms with Crippen LogP contribution in [0.5, 0.6) is 0 Å². The van der Waals surface area contributed by atoms with E-state index in [9.17, 15) is 0 Å². The predicted molar refractivity (Wildman–Crippen MR) is 72.0 cm³/mol. The molecular weight excluding hydrogens is 214 g/mol. The monoisotopic (exact) mass is 241 g/mol. The molecular formula is C14H27NO2. The van der Waals surface area contributed by atoms with Gasteiger partial charge in [0.15, 0.2) is 0 Å². The highest BCUT2D eigenvalue weighted by atomic mass is 16.5. The second-order valence-electron chi connectivity index (χ2n) is 5.08. The summed E-state index contributed by atoms with van der Waals surface area (Å²) >= 11 is 0. The second-order valence-corrected chi connectivity index (χ2v) is 5.08. The Balaban J connectivity index is 3.85. The molecule has 0 aromatic carbocycles. The number of ether oxygens (including phenoxy) is 1. The molecule has 17 heavy (non-hydrogen) atoms. The van der Waals surface area contributed by atoms with E-state index in [4.69, 9.17) is 9.94 Å². The highest BCUT2D eigenvalue weighted by Gasteiger charge is 2.18. The fraction of sp³-hybridized carbons (Fsp3) is 0.714. The van der Waals surface area contributed by atoms with Gasteiger partial charge in [-0.2, -0.15) is 0 Å². The molecule has 0 aliphatic carbocycles. The van der Waals surface area contributed by atoms with Crippen LogP contribution in [-0.2, 0) is 4.74 Å². The number of rotatable bonds is 9. The molecule has 100 valence electrons. The van der Waals surface area contributed by atoms with Crippen molar-refractivity contribution in [1.82, 2.24) is 5.48 Å². The maximum Gasteiger partial charge on any atom is 0.0886 e. The predicted octanol–water partition coefficient (Wildman–Crippen LogP) is 3.80. The summed E-state index contributed by atoms with van der Waals surface area (Å²) < 4.78 is 5.68. The average molecular weight is 241 g/mol. The van der Waals surface area contributed by atoms with Gasteiger partial charge in [-0.3, -0.25) is 10.7 Å². The molecule has 0 saturated heterocycles. The molecule has 3 nitrogen and oxygen atoms in total. The van der Waals surface area contributed by atoms with Crippen LogP contribution in [0.15, 0.2) is 23.9 Å². The Kier molecular flexibility index (Phi) is 7.92. The van der Waals surface area contributed by atoms with Crippen molar-refractivity contribution in [2.75, 3.05) is 6.61 Å². The van der Waals surface area contributed by atoms with Gasteiger partial charge in [-0.25, -0.2) is 0 Å². The van der Waals surface area contributed by atoms with Crippen molar-refractivity contribution in [3.8, 4) is 0 Å². The summed E-state index contributed by atoms with van der Waals surface area (Å²) in [4.78, 5) is 0. The average Bonchev–Trinajstić information content (AvgIpc) is 2.26. The van der Waals surface area contributed by atoms with Gasteiger partial charge in [0, 0.05) is 0 Å². The van der Waals surface area contributed by atoms with Gasteiger partial charge in [0.2, 0.25) is 0 Å². The van der Waals surface area contributed by atoms with Gasteiger partial charge in [0.1, 0.15) is 0 Å². The molecule has 0 fully saturated rings. The van der Waals surface area contributed by atoms with Crippen molar-refractivity contribution >= 4 is 0 Å². The van der Waals surface area contributed by atoms with Crippen molar-refractivity contribution in [2.45, 2.75) is 59.0 Å². The molecule has 0 aromatic heterocycles. The summed E-state index contributed by atoms with van der Waals surface area (Å²) in [5, 5.41) is 8.60. The van der Waals surface area contributed by atoms with E-state index in [1.165, 1.54) is 5.57 Å². The van der Waals surface area contributed by atoms with Crippen LogP contribution in [0.4, 0.5) is 0 Å². The normalized spacial score (nSPS) is 12.6. The molecule has 0 aromatic rings. The molecule has 0 saturated carbocycles. The van der Waals surface area contributed by atoms with E-state index in [2.05, 4.69) is 40.3 Å². The van der Waals surface area contributed by atoms with E-state index in [1.807, 2.05) is 5.48 Å². The molecule has 2 N–H and O–H groups in total. The van der Waals surface area contributed by atoms with Crippen LogP contribution in [0.3, 0.4) is 0 Å². The Morgan fingerprint density at radius 2 is 2.12 bits per heavy atom. The van der Waals surface area contributed by atoms with Crippen molar-refractivity contribution in [1.29, 1.82) is 0 Å². The molecule has 0 aliphatic rings. The van der Waals surface area contributed by atoms with Crippen molar-refractivity contribution in [3.63, 3.8) is 0 Å². The van der Waals surface area contributed by atoms with Gasteiger partial charge in [-0.1, -0.05) is 25.2 Å². The summed E-state index contributed by atoms with van der Waals surface area (Å²) in [5.74, 6) is 0. The fourth-order valence-electron chi connectivity index (χ4n) is 1.63. The Labute approximate surface area is 106 Å². The molecule has 0 aliphatic heterocycles. The van der Waals surface area contributed by atoms with Crippen LogP contribution in [0, 0.1) is 0 Å². The minimum absolute atomic E-state index is 0.174. The SMILES string of the molecule is C=C(COC(C)(C)CCC/C(C)=C/CC)NO. The summed E-state index contributed by atoms with van der Waals surface area (Å²) in [6, 6.07) is 0. The first-order valence-electron chi connectivity index (χ1n) is 6.28. The quantitative estimate of drug-likeness (QED) is 0.476. The Morgan fingerprint density at radius 1 is 1.47 bits per heavy atom. The van der Waals surface area contributed by atoms with E-state index in [0.717, 1.165) is 25.7 Å². The zero-order chi connectivity index (χ0) is 13.3. The summed E-state index contributed by atoms with van der Waals surface area (Å²) in [5.41, 5.74) is 3.76. The van der Waals surface area contributed by atoms with Gasteiger partial charge in [-0.05, 0) is 46.5 Å². The van der Waals surface area contributed by atoms with E-state index < -0.39 is 0 Å². The van der Waals surface area contributed by atoms with Crippen LogP contribution in [0.1, 0.15) is 53.4 Å². The van der Waals surface area contributed by atoms with E-state index in [-0.39, 0.29) is 5.60 Å². The van der Waals surface area contributed by atoms with Gasteiger partial charge in [0.25, 0.3) is 0 Å². The van der Waals surface area contributed by atoms with Crippen molar-refractivity contribution in [2.24, 2.45) is 0 Å². The molecule has 0 amide bonds. The first-order chi connectivity index (χ1) is 7.91. The lowest BCUT2D eigenvalue weighted by Crippen LogP contribution is -2.27. The lowest BCUT2D eigenvalue weighted by Gasteiger charge is -2.25. The summed E-state index contributed by atoms with van der Waals surface area (Å²) in [6.45, 7) is 12.4. The number of allylic oxidation sites excluding steroid dienone is 2. The number of nitrogens with one attached hydrogen (secondary N) is 1. The number of hydrogen-bond acceptors (Lipinski definition) is 3. The minimum atomic E-state index is -0.174. The van der Waals surface area contributed by atoms with E-state index in [1.54, 1.807) is 0 Å². The minimum Gasteiger partial charge on any atom is -0.369 e. The molecule has 0 radical (unpaired) electrons. The van der Waals surface area contributed by atoms with Gasteiger partial charge in [0.05, 0.1) is 17.9 Å². The maximum absolute atomic E-state index is 8.60. The second kappa shape index (κ2) is 8.31. The van der Waals surface area contributed by atoms with Crippen molar-refractivity contribution in [3.05, 3.63) is 23.9 Å². The zero-order valence-electron chi connectivity index (χ0n) is 11.7. The third-order valence-corrected chi connectivity index (χ3v) is 2.70. The van der Waals surface area contributed by atoms with Crippen LogP contribution in [0.25, 0.3) is 0 Å². The fourth-order valence-corrected chi connectivity index (χ4v) is 1.63. The lowest BCUT2D eigenvalue weighted by molar-refractivity contribution is -0.0191. The third-order valence-electron chi connectivity index (χ3n) is 2.70. The molecule has 0 atom stereocenters. The molecule has 3 heteroatoms. The number of hydrogen-bond donors (Lipinski definition) is 2. The first kappa shape index (κ1) is 16.2. The van der Waals surface area contributed by atoms with E-state index in [0.29, 0.717) is 12.3 Å². The molecule has 0 bridgehead atoms. The number of hydroxylamine groups is 1. The third kappa shape index (κ3) is 8.95. The van der Waals surface area contributed by atoms with Crippen LogP contribution in [0.2, 0.25) is 0 Å². The van der Waals surface area contributed by atoms with Crippen molar-refractivity contribution < 1.29 is 9.94 Å². The zero-order valence-corrected chi connectivity index (χ0v) is 11.7. The first-order valence-corrected chi connectivity index (χ1v) is 6.28. The Hall–Kier alpha value is -0.800. The Bertz CT molecular complexity index is 257. The Morgan fingerprint density at radius 3 is 2.65 bits per heavy atom. The lowest BCUT2D eigenvalue weighted by atomic mass is 9.99.